The van der Waals surface area contributed by atoms with Crippen LogP contribution in [0.1, 0.15) is 52.4 Å². The maximum Gasteiger partial charge on any atom is 0.223 e. The number of hydrogen-bond donors (Lipinski definition) is 1. The van der Waals surface area contributed by atoms with Crippen LogP contribution in [-0.2, 0) is 4.79 Å². The van der Waals surface area contributed by atoms with Crippen molar-refractivity contribution in [3.63, 3.8) is 0 Å². The summed E-state index contributed by atoms with van der Waals surface area (Å²) in [5, 5.41) is 4.02. The second-order valence-electron chi connectivity index (χ2n) is 5.70. The number of carbonyl (C=O) groups excluding carboxylic acids is 1. The number of alkyl halides is 1. The molecule has 1 fully saturated rings. The van der Waals surface area contributed by atoms with Gasteiger partial charge in [-0.05, 0) is 18.3 Å². The number of hydrogen-bond acceptors (Lipinski definition) is 1. The molecule has 0 bridgehead atoms. The van der Waals surface area contributed by atoms with Gasteiger partial charge in [-0.2, -0.15) is 0 Å². The largest absolute Gasteiger partial charge is 0.355 e. The molecule has 2 nitrogen and oxygen atoms in total. The Kier molecular flexibility index (Phi) is 5.81. The van der Waals surface area contributed by atoms with Crippen molar-refractivity contribution in [3.8, 4) is 0 Å². The average molecular weight is 290 g/mol. The molecule has 1 aliphatic rings. The lowest BCUT2D eigenvalue weighted by molar-refractivity contribution is -0.125. The molecule has 94 valence electrons. The van der Waals surface area contributed by atoms with Crippen LogP contribution in [0.4, 0.5) is 0 Å². The molecule has 0 saturated heterocycles. The van der Waals surface area contributed by atoms with Crippen LogP contribution in [0.25, 0.3) is 0 Å². The Morgan fingerprint density at radius 2 is 1.81 bits per heavy atom. The van der Waals surface area contributed by atoms with E-state index in [1.165, 1.54) is 25.7 Å². The van der Waals surface area contributed by atoms with Crippen molar-refractivity contribution in [1.82, 2.24) is 5.32 Å². The van der Waals surface area contributed by atoms with Crippen molar-refractivity contribution in [2.75, 3.05) is 11.9 Å². The quantitative estimate of drug-likeness (QED) is 0.623. The van der Waals surface area contributed by atoms with E-state index in [2.05, 4.69) is 35.1 Å². The van der Waals surface area contributed by atoms with Gasteiger partial charge in [0.25, 0.3) is 0 Å². The van der Waals surface area contributed by atoms with Crippen LogP contribution in [0.2, 0.25) is 0 Å². The Balaban J connectivity index is 2.33. The zero-order valence-electron chi connectivity index (χ0n) is 10.5. The van der Waals surface area contributed by atoms with Crippen molar-refractivity contribution < 1.29 is 4.79 Å². The fourth-order valence-corrected chi connectivity index (χ4v) is 2.26. The number of nitrogens with one attached hydrogen (secondary N) is 1. The zero-order chi connectivity index (χ0) is 12.0. The van der Waals surface area contributed by atoms with Crippen molar-refractivity contribution in [2.45, 2.75) is 52.4 Å². The Bertz CT molecular complexity index is 220. The normalized spacial score (nSPS) is 19.2. The number of amides is 1. The van der Waals surface area contributed by atoms with E-state index in [4.69, 9.17) is 0 Å². The second-order valence-corrected chi connectivity index (χ2v) is 6.26. The van der Waals surface area contributed by atoms with Gasteiger partial charge in [0, 0.05) is 17.8 Å². The first-order valence-corrected chi connectivity index (χ1v) is 7.51. The van der Waals surface area contributed by atoms with Gasteiger partial charge in [0.2, 0.25) is 5.91 Å². The molecule has 0 radical (unpaired) electrons. The van der Waals surface area contributed by atoms with Gasteiger partial charge in [0.05, 0.1) is 0 Å². The summed E-state index contributed by atoms with van der Waals surface area (Å²) in [6.45, 7) is 5.10. The second kappa shape index (κ2) is 6.63. The third kappa shape index (κ3) is 4.86. The molecule has 1 aliphatic carbocycles. The average Bonchev–Trinajstić information content (AvgIpc) is 2.54. The van der Waals surface area contributed by atoms with E-state index in [0.717, 1.165) is 24.7 Å². The first-order chi connectivity index (χ1) is 7.55. The summed E-state index contributed by atoms with van der Waals surface area (Å²) in [4.78, 5) is 12.0. The van der Waals surface area contributed by atoms with Crippen LogP contribution in [-0.4, -0.2) is 17.8 Å². The Hall–Kier alpha value is -0.0500. The van der Waals surface area contributed by atoms with Gasteiger partial charge in [0.1, 0.15) is 0 Å². The van der Waals surface area contributed by atoms with E-state index in [1.807, 2.05) is 0 Å². The van der Waals surface area contributed by atoms with E-state index < -0.39 is 0 Å². The molecule has 0 aromatic rings. The standard InChI is InChI=1S/C13H24BrNO/c1-13(2,9-14)10-15-12(16)11-7-5-3-4-6-8-11/h11H,3-10H2,1-2H3,(H,15,16). The summed E-state index contributed by atoms with van der Waals surface area (Å²) in [7, 11) is 0. The zero-order valence-corrected chi connectivity index (χ0v) is 12.1. The number of carbonyl (C=O) groups is 1. The van der Waals surface area contributed by atoms with Crippen LogP contribution < -0.4 is 5.32 Å². The highest BCUT2D eigenvalue weighted by atomic mass is 79.9. The lowest BCUT2D eigenvalue weighted by Crippen LogP contribution is -2.38. The molecule has 0 aliphatic heterocycles. The summed E-state index contributed by atoms with van der Waals surface area (Å²) in [6, 6.07) is 0. The third-order valence-electron chi connectivity index (χ3n) is 3.33. The first-order valence-electron chi connectivity index (χ1n) is 6.39. The van der Waals surface area contributed by atoms with E-state index >= 15 is 0 Å². The van der Waals surface area contributed by atoms with Gasteiger partial charge < -0.3 is 5.32 Å². The molecule has 0 atom stereocenters. The molecule has 0 aromatic heterocycles. The van der Waals surface area contributed by atoms with Gasteiger partial charge in [-0.15, -0.1) is 0 Å². The first kappa shape index (κ1) is 14.0. The molecule has 0 unspecified atom stereocenters. The molecule has 16 heavy (non-hydrogen) atoms. The molecule has 1 saturated carbocycles. The minimum absolute atomic E-state index is 0.153. The van der Waals surface area contributed by atoms with Crippen LogP contribution in [0.3, 0.4) is 0 Å². The van der Waals surface area contributed by atoms with E-state index in [1.54, 1.807) is 0 Å². The summed E-state index contributed by atoms with van der Waals surface area (Å²) >= 11 is 3.48. The molecule has 1 rings (SSSR count). The van der Waals surface area contributed by atoms with Gasteiger partial charge >= 0.3 is 0 Å². The van der Waals surface area contributed by atoms with E-state index in [-0.39, 0.29) is 17.2 Å². The highest BCUT2D eigenvalue weighted by molar-refractivity contribution is 9.09. The highest BCUT2D eigenvalue weighted by Crippen LogP contribution is 2.23. The van der Waals surface area contributed by atoms with Crippen LogP contribution in [0.15, 0.2) is 0 Å². The summed E-state index contributed by atoms with van der Waals surface area (Å²) in [6.07, 6.45) is 7.22. The van der Waals surface area contributed by atoms with Crippen LogP contribution in [0.5, 0.6) is 0 Å². The minimum atomic E-state index is 0.153. The van der Waals surface area contributed by atoms with Gasteiger partial charge in [-0.3, -0.25) is 4.79 Å². The molecule has 0 spiro atoms. The van der Waals surface area contributed by atoms with Crippen molar-refractivity contribution in [3.05, 3.63) is 0 Å². The Morgan fingerprint density at radius 1 is 1.25 bits per heavy atom. The third-order valence-corrected chi connectivity index (χ3v) is 4.85. The fraction of sp³-hybridized carbons (Fsp3) is 0.923. The molecular weight excluding hydrogens is 266 g/mol. The predicted octanol–water partition coefficient (Wildman–Crippen LogP) is 3.49. The minimum Gasteiger partial charge on any atom is -0.355 e. The predicted molar refractivity (Wildman–Crippen MR) is 71.8 cm³/mol. The van der Waals surface area contributed by atoms with Crippen LogP contribution in [0, 0.1) is 11.3 Å². The van der Waals surface area contributed by atoms with Crippen molar-refractivity contribution >= 4 is 21.8 Å². The van der Waals surface area contributed by atoms with Gasteiger partial charge in [-0.25, -0.2) is 0 Å². The van der Waals surface area contributed by atoms with Crippen LogP contribution >= 0.6 is 15.9 Å². The SMILES string of the molecule is CC(C)(CBr)CNC(=O)C1CCCCCC1. The maximum absolute atomic E-state index is 12.0. The van der Waals surface area contributed by atoms with Crippen molar-refractivity contribution in [2.24, 2.45) is 11.3 Å². The van der Waals surface area contributed by atoms with E-state index in [9.17, 15) is 4.79 Å². The van der Waals surface area contributed by atoms with Crippen molar-refractivity contribution in [1.29, 1.82) is 0 Å². The fourth-order valence-electron chi connectivity index (χ4n) is 2.06. The summed E-state index contributed by atoms with van der Waals surface area (Å²) < 4.78 is 0. The molecule has 1 N–H and O–H groups in total. The number of rotatable bonds is 4. The summed E-state index contributed by atoms with van der Waals surface area (Å²) in [5.74, 6) is 0.546. The topological polar surface area (TPSA) is 29.1 Å². The van der Waals surface area contributed by atoms with Gasteiger partial charge in [-0.1, -0.05) is 55.5 Å². The Morgan fingerprint density at radius 3 is 2.31 bits per heavy atom. The highest BCUT2D eigenvalue weighted by Gasteiger charge is 2.22. The molecule has 0 heterocycles. The maximum atomic E-state index is 12.0. The molecule has 3 heteroatoms. The lowest BCUT2D eigenvalue weighted by atomic mass is 9.95. The molecule has 0 aromatic carbocycles. The number of halogens is 1. The van der Waals surface area contributed by atoms with E-state index in [0.29, 0.717) is 0 Å². The lowest BCUT2D eigenvalue weighted by Gasteiger charge is -2.23. The van der Waals surface area contributed by atoms with Gasteiger partial charge in [0.15, 0.2) is 0 Å². The monoisotopic (exact) mass is 289 g/mol. The molecular formula is C13H24BrNO. The summed E-state index contributed by atoms with van der Waals surface area (Å²) in [5.41, 5.74) is 0.153. The Labute approximate surface area is 108 Å². The smallest absolute Gasteiger partial charge is 0.223 e. The molecule has 1 amide bonds.